The van der Waals surface area contributed by atoms with Gasteiger partial charge in [-0.05, 0) is 36.8 Å². The summed E-state index contributed by atoms with van der Waals surface area (Å²) >= 11 is 2.37. The molecule has 2 aromatic heterocycles. The minimum atomic E-state index is -0.595. The third-order valence-electron chi connectivity index (χ3n) is 4.58. The molecule has 1 amide bonds. The Kier molecular flexibility index (Phi) is 6.01. The summed E-state index contributed by atoms with van der Waals surface area (Å²) in [6, 6.07) is 11.4. The number of aromatic amines is 1. The number of nitrogens with zero attached hydrogens (tertiary/aromatic N) is 2. The Balaban J connectivity index is 1.51. The molecule has 11 heteroatoms. The molecule has 4 aromatic rings. The summed E-state index contributed by atoms with van der Waals surface area (Å²) in [5.74, 6) is -0.704. The van der Waals surface area contributed by atoms with Crippen LogP contribution in [0.15, 0.2) is 63.9 Å². The topological polar surface area (TPSA) is 118 Å². The van der Waals surface area contributed by atoms with Gasteiger partial charge in [-0.3, -0.25) is 19.7 Å². The molecule has 2 aromatic carbocycles. The van der Waals surface area contributed by atoms with Crippen LogP contribution in [-0.4, -0.2) is 26.0 Å². The molecule has 2 heterocycles. The summed E-state index contributed by atoms with van der Waals surface area (Å²) in [4.78, 5) is 43.1. The number of thioether (sulfide) groups is 1. The molecule has 32 heavy (non-hydrogen) atoms. The average Bonchev–Trinajstić information content (AvgIpc) is 3.19. The van der Waals surface area contributed by atoms with Gasteiger partial charge >= 0.3 is 0 Å². The molecule has 0 fully saturated rings. The normalized spacial score (nSPS) is 11.9. The molecular formula is C21H15FN4O4S2. The first kappa shape index (κ1) is 21.7. The van der Waals surface area contributed by atoms with Crippen LogP contribution in [-0.2, 0) is 4.79 Å². The van der Waals surface area contributed by atoms with Crippen LogP contribution in [0.3, 0.4) is 0 Å². The molecular weight excluding hydrogens is 455 g/mol. The molecule has 0 saturated heterocycles. The zero-order valence-corrected chi connectivity index (χ0v) is 18.1. The predicted molar refractivity (Wildman–Crippen MR) is 123 cm³/mol. The van der Waals surface area contributed by atoms with E-state index in [2.05, 4.69) is 15.3 Å². The van der Waals surface area contributed by atoms with E-state index in [1.165, 1.54) is 47.7 Å². The van der Waals surface area contributed by atoms with Crippen molar-refractivity contribution in [2.75, 3.05) is 5.32 Å². The summed E-state index contributed by atoms with van der Waals surface area (Å²) in [6.07, 6.45) is 0. The largest absolute Gasteiger partial charge is 0.325 e. The van der Waals surface area contributed by atoms with E-state index in [0.717, 1.165) is 11.8 Å². The maximum atomic E-state index is 13.2. The van der Waals surface area contributed by atoms with E-state index >= 15 is 0 Å². The van der Waals surface area contributed by atoms with Crippen LogP contribution in [0.5, 0.6) is 0 Å². The fourth-order valence-corrected chi connectivity index (χ4v) is 4.76. The molecule has 0 spiro atoms. The van der Waals surface area contributed by atoms with E-state index in [-0.39, 0.29) is 23.0 Å². The number of rotatable bonds is 6. The van der Waals surface area contributed by atoms with Crippen molar-refractivity contribution < 1.29 is 14.1 Å². The molecule has 4 rings (SSSR count). The van der Waals surface area contributed by atoms with Crippen molar-refractivity contribution in [3.05, 3.63) is 80.2 Å². The number of anilines is 1. The monoisotopic (exact) mass is 470 g/mol. The lowest BCUT2D eigenvalue weighted by Crippen LogP contribution is -2.23. The van der Waals surface area contributed by atoms with Gasteiger partial charge in [0.15, 0.2) is 5.16 Å². The first-order chi connectivity index (χ1) is 15.3. The third-order valence-corrected chi connectivity index (χ3v) is 6.44. The number of hydrogen-bond acceptors (Lipinski definition) is 7. The smallest absolute Gasteiger partial charge is 0.269 e. The van der Waals surface area contributed by atoms with Crippen molar-refractivity contribution in [3.63, 3.8) is 0 Å². The molecule has 0 aliphatic carbocycles. The van der Waals surface area contributed by atoms with Gasteiger partial charge in [0.25, 0.3) is 11.2 Å². The van der Waals surface area contributed by atoms with E-state index in [1.807, 2.05) is 0 Å². The molecule has 1 atom stereocenters. The fraction of sp³-hybridized carbons (Fsp3) is 0.0952. The Bertz CT molecular complexity index is 1370. The highest BCUT2D eigenvalue weighted by Gasteiger charge is 2.19. The molecule has 8 nitrogen and oxygen atoms in total. The van der Waals surface area contributed by atoms with Gasteiger partial charge in [0.2, 0.25) is 5.91 Å². The van der Waals surface area contributed by atoms with Crippen molar-refractivity contribution >= 4 is 50.6 Å². The highest BCUT2D eigenvalue weighted by atomic mass is 32.2. The molecule has 0 aliphatic rings. The SMILES string of the molecule is CC(Sc1nc2scc(-c3ccc(F)cc3)c2c(=O)[nH]1)C(=O)Nc1ccc([N+](=O)[O-])cc1. The number of carbonyl (C=O) groups is 1. The van der Waals surface area contributed by atoms with E-state index in [4.69, 9.17) is 0 Å². The van der Waals surface area contributed by atoms with Crippen LogP contribution < -0.4 is 10.9 Å². The molecule has 0 saturated carbocycles. The lowest BCUT2D eigenvalue weighted by Gasteiger charge is -2.11. The van der Waals surface area contributed by atoms with Gasteiger partial charge in [0, 0.05) is 28.8 Å². The lowest BCUT2D eigenvalue weighted by molar-refractivity contribution is -0.384. The van der Waals surface area contributed by atoms with E-state index in [0.29, 0.717) is 32.2 Å². The number of non-ortho nitro benzene ring substituents is 1. The predicted octanol–water partition coefficient (Wildman–Crippen LogP) is 4.82. The number of fused-ring (bicyclic) bond motifs is 1. The Morgan fingerprint density at radius 2 is 1.91 bits per heavy atom. The summed E-state index contributed by atoms with van der Waals surface area (Å²) in [6.45, 7) is 1.66. The summed E-state index contributed by atoms with van der Waals surface area (Å²) in [5, 5.41) is 15.3. The van der Waals surface area contributed by atoms with Gasteiger partial charge in [-0.25, -0.2) is 9.37 Å². The van der Waals surface area contributed by atoms with Crippen LogP contribution in [0.1, 0.15) is 6.92 Å². The standard InChI is InChI=1S/C21H15FN4O4S2/c1-11(18(27)23-14-6-8-15(9-7-14)26(29)30)32-21-24-19(28)17-16(10-31-20(17)25-21)12-2-4-13(22)5-3-12/h2-11H,1H3,(H,23,27)(H,24,25,28). The van der Waals surface area contributed by atoms with Crippen LogP contribution in [0.2, 0.25) is 0 Å². The zero-order chi connectivity index (χ0) is 22.8. The Morgan fingerprint density at radius 3 is 2.56 bits per heavy atom. The van der Waals surface area contributed by atoms with Crippen LogP contribution >= 0.6 is 23.1 Å². The van der Waals surface area contributed by atoms with Gasteiger partial charge in [0.05, 0.1) is 15.6 Å². The van der Waals surface area contributed by atoms with Gasteiger partial charge in [0.1, 0.15) is 10.6 Å². The van der Waals surface area contributed by atoms with Crippen LogP contribution in [0.25, 0.3) is 21.3 Å². The second-order valence-electron chi connectivity index (χ2n) is 6.76. The fourth-order valence-electron chi connectivity index (χ4n) is 2.96. The van der Waals surface area contributed by atoms with Gasteiger partial charge in [-0.2, -0.15) is 0 Å². The second kappa shape index (κ2) is 8.89. The Morgan fingerprint density at radius 1 is 1.22 bits per heavy atom. The van der Waals surface area contributed by atoms with Crippen LogP contribution in [0, 0.1) is 15.9 Å². The van der Waals surface area contributed by atoms with E-state index in [9.17, 15) is 24.1 Å². The first-order valence-corrected chi connectivity index (χ1v) is 11.1. The van der Waals surface area contributed by atoms with Crippen molar-refractivity contribution in [2.45, 2.75) is 17.3 Å². The molecule has 2 N–H and O–H groups in total. The molecule has 0 bridgehead atoms. The number of hydrogen-bond donors (Lipinski definition) is 2. The van der Waals surface area contributed by atoms with E-state index in [1.54, 1.807) is 24.4 Å². The van der Waals surface area contributed by atoms with Crippen LogP contribution in [0.4, 0.5) is 15.8 Å². The maximum absolute atomic E-state index is 13.2. The van der Waals surface area contributed by atoms with E-state index < -0.39 is 10.2 Å². The van der Waals surface area contributed by atoms with Crippen molar-refractivity contribution in [1.82, 2.24) is 9.97 Å². The first-order valence-electron chi connectivity index (χ1n) is 9.31. The number of H-pyrrole nitrogens is 1. The minimum absolute atomic E-state index is 0.0727. The maximum Gasteiger partial charge on any atom is 0.269 e. The highest BCUT2D eigenvalue weighted by molar-refractivity contribution is 8.00. The van der Waals surface area contributed by atoms with Crippen molar-refractivity contribution in [2.24, 2.45) is 0 Å². The van der Waals surface area contributed by atoms with Gasteiger partial charge in [-0.1, -0.05) is 23.9 Å². The quantitative estimate of drug-likeness (QED) is 0.181. The number of amides is 1. The van der Waals surface area contributed by atoms with Gasteiger partial charge < -0.3 is 10.3 Å². The Hall–Kier alpha value is -3.57. The molecule has 1 unspecified atom stereocenters. The zero-order valence-electron chi connectivity index (χ0n) is 16.5. The number of thiophene rings is 1. The molecule has 0 aliphatic heterocycles. The lowest BCUT2D eigenvalue weighted by atomic mass is 10.1. The second-order valence-corrected chi connectivity index (χ2v) is 8.95. The third kappa shape index (κ3) is 4.53. The number of nitro benzene ring substituents is 1. The summed E-state index contributed by atoms with van der Waals surface area (Å²) < 4.78 is 13.2. The van der Waals surface area contributed by atoms with Crippen molar-refractivity contribution in [3.8, 4) is 11.1 Å². The average molecular weight is 471 g/mol. The minimum Gasteiger partial charge on any atom is -0.325 e. The summed E-state index contributed by atoms with van der Waals surface area (Å²) in [5.41, 5.74) is 1.38. The number of nitro groups is 1. The molecule has 162 valence electrons. The number of benzene rings is 2. The number of aromatic nitrogens is 2. The summed E-state index contributed by atoms with van der Waals surface area (Å²) in [7, 11) is 0. The van der Waals surface area contributed by atoms with Gasteiger partial charge in [-0.15, -0.1) is 11.3 Å². The number of carbonyl (C=O) groups excluding carboxylic acids is 1. The molecule has 0 radical (unpaired) electrons. The highest BCUT2D eigenvalue weighted by Crippen LogP contribution is 2.32. The Labute approximate surface area is 188 Å². The van der Waals surface area contributed by atoms with Crippen molar-refractivity contribution in [1.29, 1.82) is 0 Å². The number of nitrogens with one attached hydrogen (secondary N) is 2. The number of halogens is 1.